The molecule has 3 aromatic rings. The number of aryl methyl sites for hydroxylation is 3. The van der Waals surface area contributed by atoms with E-state index in [1.165, 1.54) is 11.4 Å². The van der Waals surface area contributed by atoms with Gasteiger partial charge in [0.05, 0.1) is 23.3 Å². The SMILES string of the molecule is Cc1cc(C)n(CCc2c(-c3ccccc3)ncn2[C@@H](C)CCCC(C)(C)O)n1. The van der Waals surface area contributed by atoms with Crippen LogP contribution in [0.25, 0.3) is 11.3 Å². The van der Waals surface area contributed by atoms with Crippen molar-refractivity contribution in [2.45, 2.75) is 78.5 Å². The third-order valence-corrected chi connectivity index (χ3v) is 5.49. The van der Waals surface area contributed by atoms with E-state index in [0.717, 1.165) is 49.2 Å². The molecule has 2 aromatic heterocycles. The summed E-state index contributed by atoms with van der Waals surface area (Å²) in [6.07, 6.45) is 5.66. The van der Waals surface area contributed by atoms with E-state index in [4.69, 9.17) is 4.98 Å². The lowest BCUT2D eigenvalue weighted by Crippen LogP contribution is -2.19. The zero-order chi connectivity index (χ0) is 21.0. The molecule has 1 atom stereocenters. The average molecular weight is 395 g/mol. The van der Waals surface area contributed by atoms with Crippen molar-refractivity contribution in [3.63, 3.8) is 0 Å². The van der Waals surface area contributed by atoms with Crippen LogP contribution in [-0.4, -0.2) is 30.0 Å². The van der Waals surface area contributed by atoms with Crippen LogP contribution in [0.2, 0.25) is 0 Å². The normalized spacial score (nSPS) is 13.0. The van der Waals surface area contributed by atoms with Gasteiger partial charge in [0.15, 0.2) is 0 Å². The van der Waals surface area contributed by atoms with Gasteiger partial charge in [0, 0.05) is 36.0 Å². The van der Waals surface area contributed by atoms with Crippen molar-refractivity contribution in [1.29, 1.82) is 0 Å². The van der Waals surface area contributed by atoms with Gasteiger partial charge in [-0.1, -0.05) is 30.3 Å². The van der Waals surface area contributed by atoms with E-state index in [9.17, 15) is 5.11 Å². The second-order valence-electron chi connectivity index (χ2n) is 8.77. The van der Waals surface area contributed by atoms with Gasteiger partial charge in [0.2, 0.25) is 0 Å². The monoisotopic (exact) mass is 394 g/mol. The number of benzene rings is 1. The zero-order valence-corrected chi connectivity index (χ0v) is 18.4. The fraction of sp³-hybridized carbons (Fsp3) is 0.500. The first-order chi connectivity index (χ1) is 13.7. The van der Waals surface area contributed by atoms with Crippen LogP contribution in [0, 0.1) is 13.8 Å². The van der Waals surface area contributed by atoms with Crippen LogP contribution in [-0.2, 0) is 13.0 Å². The summed E-state index contributed by atoms with van der Waals surface area (Å²) in [5.74, 6) is 0. The molecule has 0 aliphatic heterocycles. The molecule has 1 N–H and O–H groups in total. The lowest BCUT2D eigenvalue weighted by Gasteiger charge is -2.21. The molecule has 156 valence electrons. The average Bonchev–Trinajstić information content (AvgIpc) is 3.22. The van der Waals surface area contributed by atoms with Crippen molar-refractivity contribution in [2.75, 3.05) is 0 Å². The molecule has 0 saturated heterocycles. The molecule has 0 spiro atoms. The van der Waals surface area contributed by atoms with Crippen molar-refractivity contribution in [2.24, 2.45) is 0 Å². The summed E-state index contributed by atoms with van der Waals surface area (Å²) in [6.45, 7) is 11.0. The summed E-state index contributed by atoms with van der Waals surface area (Å²) in [4.78, 5) is 4.79. The summed E-state index contributed by atoms with van der Waals surface area (Å²) in [5.41, 5.74) is 5.09. The van der Waals surface area contributed by atoms with E-state index in [0.29, 0.717) is 6.04 Å². The van der Waals surface area contributed by atoms with E-state index in [1.807, 2.05) is 33.2 Å². The fourth-order valence-corrected chi connectivity index (χ4v) is 3.93. The van der Waals surface area contributed by atoms with Crippen LogP contribution in [0.3, 0.4) is 0 Å². The van der Waals surface area contributed by atoms with Crippen molar-refractivity contribution in [3.05, 3.63) is 59.8 Å². The Kier molecular flexibility index (Phi) is 6.58. The van der Waals surface area contributed by atoms with Gasteiger partial charge in [-0.15, -0.1) is 0 Å². The number of imidazole rings is 1. The number of aromatic nitrogens is 4. The van der Waals surface area contributed by atoms with E-state index in [2.05, 4.69) is 58.5 Å². The number of hydrogen-bond donors (Lipinski definition) is 1. The molecule has 0 aliphatic carbocycles. The molecule has 0 radical (unpaired) electrons. The Hall–Kier alpha value is -2.40. The van der Waals surface area contributed by atoms with Crippen LogP contribution in [0.15, 0.2) is 42.7 Å². The summed E-state index contributed by atoms with van der Waals surface area (Å²) < 4.78 is 4.40. The van der Waals surface area contributed by atoms with Gasteiger partial charge in [-0.3, -0.25) is 4.68 Å². The largest absolute Gasteiger partial charge is 0.390 e. The highest BCUT2D eigenvalue weighted by Gasteiger charge is 2.18. The van der Waals surface area contributed by atoms with Gasteiger partial charge < -0.3 is 9.67 Å². The second kappa shape index (κ2) is 8.95. The van der Waals surface area contributed by atoms with Gasteiger partial charge in [-0.2, -0.15) is 5.10 Å². The lowest BCUT2D eigenvalue weighted by atomic mass is 9.99. The molecule has 0 bridgehead atoms. The van der Waals surface area contributed by atoms with Crippen LogP contribution in [0.4, 0.5) is 0 Å². The predicted octanol–water partition coefficient (Wildman–Crippen LogP) is 5.11. The van der Waals surface area contributed by atoms with Crippen LogP contribution < -0.4 is 0 Å². The molecule has 0 aliphatic rings. The molecule has 5 nitrogen and oxygen atoms in total. The molecule has 2 heterocycles. The lowest BCUT2D eigenvalue weighted by molar-refractivity contribution is 0.0671. The third kappa shape index (κ3) is 5.57. The second-order valence-corrected chi connectivity index (χ2v) is 8.77. The minimum Gasteiger partial charge on any atom is -0.390 e. The Balaban J connectivity index is 1.83. The van der Waals surface area contributed by atoms with Crippen molar-refractivity contribution in [1.82, 2.24) is 19.3 Å². The molecule has 1 aromatic carbocycles. The Morgan fingerprint density at radius 3 is 2.48 bits per heavy atom. The van der Waals surface area contributed by atoms with E-state index < -0.39 is 5.60 Å². The zero-order valence-electron chi connectivity index (χ0n) is 18.4. The van der Waals surface area contributed by atoms with Gasteiger partial charge >= 0.3 is 0 Å². The Labute approximate surface area is 174 Å². The molecule has 0 unspecified atom stereocenters. The number of rotatable bonds is 9. The van der Waals surface area contributed by atoms with Gasteiger partial charge in [-0.05, 0) is 59.9 Å². The predicted molar refractivity (Wildman–Crippen MR) is 118 cm³/mol. The summed E-state index contributed by atoms with van der Waals surface area (Å²) in [6, 6.07) is 12.9. The van der Waals surface area contributed by atoms with Crippen molar-refractivity contribution >= 4 is 0 Å². The topological polar surface area (TPSA) is 55.9 Å². The summed E-state index contributed by atoms with van der Waals surface area (Å²) in [7, 11) is 0. The van der Waals surface area contributed by atoms with E-state index in [-0.39, 0.29) is 0 Å². The van der Waals surface area contributed by atoms with Crippen LogP contribution >= 0.6 is 0 Å². The number of nitrogens with zero attached hydrogens (tertiary/aromatic N) is 4. The first kappa shape index (κ1) is 21.3. The molecular formula is C24H34N4O. The molecular weight excluding hydrogens is 360 g/mol. The summed E-state index contributed by atoms with van der Waals surface area (Å²) >= 11 is 0. The first-order valence-corrected chi connectivity index (χ1v) is 10.6. The first-order valence-electron chi connectivity index (χ1n) is 10.6. The Morgan fingerprint density at radius 2 is 1.86 bits per heavy atom. The third-order valence-electron chi connectivity index (χ3n) is 5.49. The minimum absolute atomic E-state index is 0.331. The molecule has 0 saturated carbocycles. The quantitative estimate of drug-likeness (QED) is 0.549. The highest BCUT2D eigenvalue weighted by atomic mass is 16.3. The molecule has 0 amide bonds. The molecule has 0 fully saturated rings. The van der Waals surface area contributed by atoms with E-state index in [1.54, 1.807) is 0 Å². The molecule has 5 heteroatoms. The standard InChI is InChI=1S/C24H34N4O/c1-18-16-20(3)28(26-18)15-13-22-23(21-11-7-6-8-12-21)25-17-27(22)19(2)10-9-14-24(4,5)29/h6-8,11-12,16-17,19,29H,9-10,13-15H2,1-5H3/t19-/m0/s1. The highest BCUT2D eigenvalue weighted by Crippen LogP contribution is 2.28. The van der Waals surface area contributed by atoms with Gasteiger partial charge in [0.25, 0.3) is 0 Å². The van der Waals surface area contributed by atoms with E-state index >= 15 is 0 Å². The maximum Gasteiger partial charge on any atom is 0.0958 e. The number of aliphatic hydroxyl groups is 1. The van der Waals surface area contributed by atoms with Gasteiger partial charge in [-0.25, -0.2) is 4.98 Å². The fourth-order valence-electron chi connectivity index (χ4n) is 3.93. The Bertz CT molecular complexity index is 918. The maximum atomic E-state index is 10.0. The molecule has 29 heavy (non-hydrogen) atoms. The smallest absolute Gasteiger partial charge is 0.0958 e. The highest BCUT2D eigenvalue weighted by molar-refractivity contribution is 5.61. The van der Waals surface area contributed by atoms with Crippen LogP contribution in [0.5, 0.6) is 0 Å². The maximum absolute atomic E-state index is 10.0. The minimum atomic E-state index is -0.609. The Morgan fingerprint density at radius 1 is 1.14 bits per heavy atom. The van der Waals surface area contributed by atoms with Crippen LogP contribution in [0.1, 0.15) is 63.2 Å². The summed E-state index contributed by atoms with van der Waals surface area (Å²) in [5, 5.41) is 14.6. The van der Waals surface area contributed by atoms with Crippen molar-refractivity contribution < 1.29 is 5.11 Å². The molecule has 3 rings (SSSR count). The van der Waals surface area contributed by atoms with Gasteiger partial charge in [0.1, 0.15) is 0 Å². The number of hydrogen-bond acceptors (Lipinski definition) is 3. The van der Waals surface area contributed by atoms with Crippen molar-refractivity contribution in [3.8, 4) is 11.3 Å².